The van der Waals surface area contributed by atoms with Crippen LogP contribution in [0.3, 0.4) is 0 Å². The average molecular weight is 309 g/mol. The third kappa shape index (κ3) is 3.47. The van der Waals surface area contributed by atoms with Gasteiger partial charge in [-0.3, -0.25) is 5.10 Å². The second-order valence-corrected chi connectivity index (χ2v) is 6.53. The van der Waals surface area contributed by atoms with Crippen molar-refractivity contribution in [2.45, 2.75) is 50.6 Å². The molecule has 0 radical (unpaired) electrons. The van der Waals surface area contributed by atoms with E-state index < -0.39 is 10.0 Å². The Morgan fingerprint density at radius 1 is 1.37 bits per heavy atom. The molecule has 19 heavy (non-hydrogen) atoms. The third-order valence-corrected chi connectivity index (χ3v) is 5.15. The molecule has 2 atom stereocenters. The quantitative estimate of drug-likeness (QED) is 0.773. The van der Waals surface area contributed by atoms with E-state index in [0.717, 1.165) is 19.4 Å². The molecule has 2 heterocycles. The second-order valence-electron chi connectivity index (χ2n) is 4.88. The summed E-state index contributed by atoms with van der Waals surface area (Å²) in [6, 6.07) is 0.0958. The van der Waals surface area contributed by atoms with Crippen LogP contribution in [0.25, 0.3) is 0 Å². The summed E-state index contributed by atoms with van der Waals surface area (Å²) in [5, 5.41) is 9.92. The fourth-order valence-electron chi connectivity index (χ4n) is 2.40. The molecule has 1 aromatic rings. The van der Waals surface area contributed by atoms with E-state index in [1.807, 2.05) is 6.92 Å². The lowest BCUT2D eigenvalue weighted by Crippen LogP contribution is -2.51. The molecule has 0 bridgehead atoms. The lowest BCUT2D eigenvalue weighted by atomic mass is 10.0. The van der Waals surface area contributed by atoms with Gasteiger partial charge in [0.05, 0.1) is 11.4 Å². The van der Waals surface area contributed by atoms with Crippen LogP contribution < -0.4 is 10.0 Å². The van der Waals surface area contributed by atoms with Crippen LogP contribution in [-0.4, -0.2) is 37.2 Å². The van der Waals surface area contributed by atoms with Crippen molar-refractivity contribution in [1.82, 2.24) is 20.2 Å². The number of nitrogens with one attached hydrogen (secondary N) is 3. The number of rotatable bonds is 3. The zero-order valence-electron chi connectivity index (χ0n) is 11.4. The summed E-state index contributed by atoms with van der Waals surface area (Å²) in [7, 11) is -3.49. The molecule has 0 spiro atoms. The normalized spacial score (nSPS) is 23.9. The Balaban J connectivity index is 0.00000180. The van der Waals surface area contributed by atoms with Gasteiger partial charge < -0.3 is 5.32 Å². The van der Waals surface area contributed by atoms with E-state index in [0.29, 0.717) is 11.4 Å². The Morgan fingerprint density at radius 3 is 2.58 bits per heavy atom. The summed E-state index contributed by atoms with van der Waals surface area (Å²) in [6.07, 6.45) is 1.85. The number of aryl methyl sites for hydroxylation is 2. The summed E-state index contributed by atoms with van der Waals surface area (Å²) >= 11 is 0. The molecular weight excluding hydrogens is 288 g/mol. The molecule has 2 unspecified atom stereocenters. The standard InChI is InChI=1S/C11H20N4O2S.ClH/c1-7-10(5-4-6-12-7)15-18(16,17)11-8(2)13-14-9(11)3;/h7,10,12,15H,4-6H2,1-3H3,(H,13,14);1H. The third-order valence-electron chi connectivity index (χ3n) is 3.40. The van der Waals surface area contributed by atoms with Gasteiger partial charge in [-0.2, -0.15) is 5.10 Å². The monoisotopic (exact) mass is 308 g/mol. The first-order chi connectivity index (χ1) is 8.42. The number of nitrogens with zero attached hydrogens (tertiary/aromatic N) is 1. The number of hydrogen-bond donors (Lipinski definition) is 3. The molecule has 0 aromatic carbocycles. The Kier molecular flexibility index (Phi) is 5.37. The molecule has 0 amide bonds. The van der Waals surface area contributed by atoms with Gasteiger partial charge in [-0.25, -0.2) is 13.1 Å². The number of hydrogen-bond acceptors (Lipinski definition) is 4. The molecule has 1 aliphatic heterocycles. The van der Waals surface area contributed by atoms with Gasteiger partial charge in [-0.15, -0.1) is 12.4 Å². The lowest BCUT2D eigenvalue weighted by Gasteiger charge is -2.30. The van der Waals surface area contributed by atoms with Crippen molar-refractivity contribution >= 4 is 22.4 Å². The first-order valence-corrected chi connectivity index (χ1v) is 7.67. The molecule has 0 saturated carbocycles. The van der Waals surface area contributed by atoms with Crippen LogP contribution >= 0.6 is 12.4 Å². The van der Waals surface area contributed by atoms with E-state index in [4.69, 9.17) is 0 Å². The molecular formula is C11H21ClN4O2S. The van der Waals surface area contributed by atoms with Gasteiger partial charge in [0, 0.05) is 12.1 Å². The zero-order chi connectivity index (χ0) is 13.3. The van der Waals surface area contributed by atoms with Crippen molar-refractivity contribution in [2.75, 3.05) is 6.54 Å². The van der Waals surface area contributed by atoms with Crippen LogP contribution in [0.1, 0.15) is 31.2 Å². The molecule has 1 saturated heterocycles. The first kappa shape index (κ1) is 16.4. The Morgan fingerprint density at radius 2 is 2.05 bits per heavy atom. The number of halogens is 1. The van der Waals surface area contributed by atoms with E-state index in [1.54, 1.807) is 13.8 Å². The van der Waals surface area contributed by atoms with E-state index >= 15 is 0 Å². The highest BCUT2D eigenvalue weighted by Crippen LogP contribution is 2.19. The molecule has 0 aliphatic carbocycles. The first-order valence-electron chi connectivity index (χ1n) is 6.19. The fraction of sp³-hybridized carbons (Fsp3) is 0.727. The van der Waals surface area contributed by atoms with E-state index in [2.05, 4.69) is 20.2 Å². The molecule has 3 N–H and O–H groups in total. The zero-order valence-corrected chi connectivity index (χ0v) is 13.0. The van der Waals surface area contributed by atoms with Crippen molar-refractivity contribution in [3.63, 3.8) is 0 Å². The number of sulfonamides is 1. The van der Waals surface area contributed by atoms with Crippen LogP contribution in [0.2, 0.25) is 0 Å². The van der Waals surface area contributed by atoms with Gasteiger partial charge in [-0.05, 0) is 40.2 Å². The van der Waals surface area contributed by atoms with Gasteiger partial charge in [-0.1, -0.05) is 0 Å². The Labute approximate surface area is 120 Å². The topological polar surface area (TPSA) is 86.9 Å². The van der Waals surface area contributed by atoms with Crippen LogP contribution in [0, 0.1) is 13.8 Å². The van der Waals surface area contributed by atoms with Gasteiger partial charge in [0.2, 0.25) is 10.0 Å². The molecule has 110 valence electrons. The van der Waals surface area contributed by atoms with Crippen molar-refractivity contribution in [3.05, 3.63) is 11.4 Å². The number of aromatic amines is 1. The van der Waals surface area contributed by atoms with Crippen molar-refractivity contribution in [2.24, 2.45) is 0 Å². The molecule has 1 fully saturated rings. The molecule has 6 nitrogen and oxygen atoms in total. The average Bonchev–Trinajstić information content (AvgIpc) is 2.62. The maximum Gasteiger partial charge on any atom is 0.244 e. The van der Waals surface area contributed by atoms with Crippen molar-refractivity contribution in [3.8, 4) is 0 Å². The highest BCUT2D eigenvalue weighted by Gasteiger charge is 2.29. The van der Waals surface area contributed by atoms with Gasteiger partial charge in [0.15, 0.2) is 0 Å². The van der Waals surface area contributed by atoms with Crippen LogP contribution in [-0.2, 0) is 10.0 Å². The number of H-pyrrole nitrogens is 1. The van der Waals surface area contributed by atoms with Gasteiger partial charge in [0.25, 0.3) is 0 Å². The van der Waals surface area contributed by atoms with E-state index in [-0.39, 0.29) is 29.4 Å². The minimum atomic E-state index is -3.49. The predicted octanol–water partition coefficient (Wildman–Crippen LogP) is 0.867. The minimum absolute atomic E-state index is 0. The van der Waals surface area contributed by atoms with Crippen molar-refractivity contribution in [1.29, 1.82) is 0 Å². The van der Waals surface area contributed by atoms with Gasteiger partial charge in [0.1, 0.15) is 4.90 Å². The maximum atomic E-state index is 12.3. The van der Waals surface area contributed by atoms with Gasteiger partial charge >= 0.3 is 0 Å². The summed E-state index contributed by atoms with van der Waals surface area (Å²) in [6.45, 7) is 6.36. The smallest absolute Gasteiger partial charge is 0.244 e. The summed E-state index contributed by atoms with van der Waals surface area (Å²) < 4.78 is 27.5. The molecule has 8 heteroatoms. The second kappa shape index (κ2) is 6.21. The predicted molar refractivity (Wildman–Crippen MR) is 76.1 cm³/mol. The lowest BCUT2D eigenvalue weighted by molar-refractivity contribution is 0.348. The van der Waals surface area contributed by atoms with E-state index in [9.17, 15) is 8.42 Å². The van der Waals surface area contributed by atoms with Crippen LogP contribution in [0.5, 0.6) is 0 Å². The largest absolute Gasteiger partial charge is 0.313 e. The van der Waals surface area contributed by atoms with Crippen molar-refractivity contribution < 1.29 is 8.42 Å². The SMILES string of the molecule is Cc1n[nH]c(C)c1S(=O)(=O)NC1CCCNC1C.Cl. The Hall–Kier alpha value is -0.630. The summed E-state index contributed by atoms with van der Waals surface area (Å²) in [5.41, 5.74) is 1.09. The highest BCUT2D eigenvalue weighted by molar-refractivity contribution is 7.89. The number of aromatic nitrogens is 2. The highest BCUT2D eigenvalue weighted by atomic mass is 35.5. The summed E-state index contributed by atoms with van der Waals surface area (Å²) in [4.78, 5) is 0.278. The molecule has 1 aliphatic rings. The van der Waals surface area contributed by atoms with E-state index in [1.165, 1.54) is 0 Å². The molecule has 2 rings (SSSR count). The number of piperidine rings is 1. The maximum absolute atomic E-state index is 12.3. The fourth-order valence-corrected chi connectivity index (χ4v) is 4.12. The summed E-state index contributed by atoms with van der Waals surface area (Å²) in [5.74, 6) is 0. The molecule has 1 aromatic heterocycles. The minimum Gasteiger partial charge on any atom is -0.313 e. The van der Waals surface area contributed by atoms with Crippen LogP contribution in [0.4, 0.5) is 0 Å². The Bertz CT molecular complexity index is 509. The van der Waals surface area contributed by atoms with Crippen LogP contribution in [0.15, 0.2) is 4.90 Å².